The third-order valence-electron chi connectivity index (χ3n) is 4.21. The van der Waals surface area contributed by atoms with Crippen LogP contribution in [0.15, 0.2) is 47.4 Å². The lowest BCUT2D eigenvalue weighted by Crippen LogP contribution is -2.32. The van der Waals surface area contributed by atoms with E-state index in [-0.39, 0.29) is 11.7 Å². The van der Waals surface area contributed by atoms with Crippen molar-refractivity contribution in [1.29, 1.82) is 0 Å². The molecule has 1 aliphatic heterocycles. The molecule has 0 bridgehead atoms. The number of rotatable bonds is 5. The number of benzene rings is 1. The van der Waals surface area contributed by atoms with Crippen molar-refractivity contribution in [2.45, 2.75) is 38.5 Å². The Hall–Kier alpha value is -2.14. The second-order valence-electron chi connectivity index (χ2n) is 6.06. The van der Waals surface area contributed by atoms with Gasteiger partial charge in [-0.05, 0) is 24.8 Å². The molecule has 0 amide bonds. The fourth-order valence-corrected chi connectivity index (χ4v) is 2.86. The first-order valence-corrected chi connectivity index (χ1v) is 8.16. The highest BCUT2D eigenvalue weighted by Gasteiger charge is 2.16. The van der Waals surface area contributed by atoms with Crippen LogP contribution in [0.2, 0.25) is 0 Å². The number of anilines is 1. The largest absolute Gasteiger partial charge is 0.376 e. The van der Waals surface area contributed by atoms with Gasteiger partial charge < -0.3 is 9.64 Å². The topological polar surface area (TPSA) is 47.4 Å². The molecule has 23 heavy (non-hydrogen) atoms. The highest BCUT2D eigenvalue weighted by molar-refractivity contribution is 5.42. The van der Waals surface area contributed by atoms with Gasteiger partial charge in [0.05, 0.1) is 24.5 Å². The van der Waals surface area contributed by atoms with E-state index in [0.717, 1.165) is 38.1 Å². The van der Waals surface area contributed by atoms with Crippen LogP contribution in [-0.2, 0) is 17.8 Å². The van der Waals surface area contributed by atoms with Gasteiger partial charge in [0.2, 0.25) is 0 Å². The van der Waals surface area contributed by atoms with E-state index in [4.69, 9.17) is 4.74 Å². The Morgan fingerprint density at radius 1 is 1.30 bits per heavy atom. The van der Waals surface area contributed by atoms with Crippen LogP contribution < -0.4 is 10.5 Å². The molecule has 1 saturated heterocycles. The maximum atomic E-state index is 12.3. The summed E-state index contributed by atoms with van der Waals surface area (Å²) >= 11 is 0. The number of hydrogen-bond acceptors (Lipinski definition) is 4. The van der Waals surface area contributed by atoms with Gasteiger partial charge in [-0.3, -0.25) is 4.79 Å². The summed E-state index contributed by atoms with van der Waals surface area (Å²) < 4.78 is 7.19. The monoisotopic (exact) mass is 313 g/mol. The first kappa shape index (κ1) is 15.7. The van der Waals surface area contributed by atoms with Crippen molar-refractivity contribution in [1.82, 2.24) is 9.78 Å². The van der Waals surface area contributed by atoms with Gasteiger partial charge in [0.1, 0.15) is 0 Å². The second-order valence-corrected chi connectivity index (χ2v) is 6.06. The molecule has 1 fully saturated rings. The number of hydrogen-bond donors (Lipinski definition) is 0. The van der Waals surface area contributed by atoms with Gasteiger partial charge in [-0.2, -0.15) is 5.10 Å². The van der Waals surface area contributed by atoms with E-state index in [9.17, 15) is 4.79 Å². The molecular formula is C18H23N3O2. The molecule has 1 aliphatic rings. The van der Waals surface area contributed by atoms with E-state index in [1.165, 1.54) is 10.2 Å². The summed E-state index contributed by atoms with van der Waals surface area (Å²) in [5.41, 5.74) is 1.96. The van der Waals surface area contributed by atoms with Crippen molar-refractivity contribution in [2.24, 2.45) is 0 Å². The maximum absolute atomic E-state index is 12.3. The number of nitrogens with zero attached hydrogens (tertiary/aromatic N) is 3. The van der Waals surface area contributed by atoms with Crippen molar-refractivity contribution in [3.05, 3.63) is 58.5 Å². The molecule has 2 aromatic rings. The summed E-state index contributed by atoms with van der Waals surface area (Å²) in [6, 6.07) is 11.8. The molecule has 5 nitrogen and oxygen atoms in total. The van der Waals surface area contributed by atoms with Crippen LogP contribution >= 0.6 is 0 Å². The van der Waals surface area contributed by atoms with Crippen LogP contribution in [0.3, 0.4) is 0 Å². The van der Waals surface area contributed by atoms with Gasteiger partial charge in [0.25, 0.3) is 5.56 Å². The molecule has 0 spiro atoms. The van der Waals surface area contributed by atoms with Crippen molar-refractivity contribution in [3.8, 4) is 0 Å². The standard InChI is InChI=1S/C18H23N3O2/c1-20(13-15-7-3-2-4-8-15)16-11-18(22)21(19-12-16)14-17-9-5-6-10-23-17/h2-4,7-8,11-12,17H,5-6,9-10,13-14H2,1H3/t17-/m1/s1. The predicted molar refractivity (Wildman–Crippen MR) is 90.6 cm³/mol. The Bertz CT molecular complexity index is 678. The number of aromatic nitrogens is 2. The van der Waals surface area contributed by atoms with E-state index < -0.39 is 0 Å². The number of ether oxygens (including phenoxy) is 1. The summed E-state index contributed by atoms with van der Waals surface area (Å²) in [5, 5.41) is 4.32. The average molecular weight is 313 g/mol. The summed E-state index contributed by atoms with van der Waals surface area (Å²) in [5.74, 6) is 0. The van der Waals surface area contributed by atoms with Crippen LogP contribution in [0.1, 0.15) is 24.8 Å². The minimum atomic E-state index is -0.0726. The molecular weight excluding hydrogens is 290 g/mol. The van der Waals surface area contributed by atoms with Crippen molar-refractivity contribution >= 4 is 5.69 Å². The van der Waals surface area contributed by atoms with Gasteiger partial charge in [-0.15, -0.1) is 0 Å². The molecule has 1 aromatic heterocycles. The molecule has 5 heteroatoms. The Kier molecular flexibility index (Phi) is 5.08. The highest BCUT2D eigenvalue weighted by atomic mass is 16.5. The Morgan fingerprint density at radius 3 is 2.83 bits per heavy atom. The minimum absolute atomic E-state index is 0.0726. The van der Waals surface area contributed by atoms with Gasteiger partial charge >= 0.3 is 0 Å². The van der Waals surface area contributed by atoms with Crippen LogP contribution in [0.25, 0.3) is 0 Å². The molecule has 122 valence electrons. The minimum Gasteiger partial charge on any atom is -0.376 e. The second kappa shape index (κ2) is 7.42. The molecule has 1 atom stereocenters. The van der Waals surface area contributed by atoms with E-state index in [1.54, 1.807) is 12.3 Å². The van der Waals surface area contributed by atoms with E-state index in [0.29, 0.717) is 6.54 Å². The molecule has 0 N–H and O–H groups in total. The SMILES string of the molecule is CN(Cc1ccccc1)c1cnn(C[C@H]2CCCCO2)c(=O)c1. The van der Waals surface area contributed by atoms with Gasteiger partial charge in [0.15, 0.2) is 0 Å². The van der Waals surface area contributed by atoms with Crippen LogP contribution in [0.5, 0.6) is 0 Å². The summed E-state index contributed by atoms with van der Waals surface area (Å²) in [6.07, 6.45) is 5.15. The fraction of sp³-hybridized carbons (Fsp3) is 0.444. The molecule has 0 unspecified atom stereocenters. The first-order chi connectivity index (χ1) is 11.2. The van der Waals surface area contributed by atoms with Crippen LogP contribution in [0, 0.1) is 0 Å². The van der Waals surface area contributed by atoms with Crippen molar-refractivity contribution in [3.63, 3.8) is 0 Å². The van der Waals surface area contributed by atoms with Crippen molar-refractivity contribution in [2.75, 3.05) is 18.6 Å². The lowest BCUT2D eigenvalue weighted by molar-refractivity contribution is 0.00315. The van der Waals surface area contributed by atoms with E-state index in [1.807, 2.05) is 30.1 Å². The predicted octanol–water partition coefficient (Wildman–Crippen LogP) is 2.45. The normalized spacial score (nSPS) is 17.9. The third-order valence-corrected chi connectivity index (χ3v) is 4.21. The smallest absolute Gasteiger partial charge is 0.268 e. The van der Waals surface area contributed by atoms with Gasteiger partial charge in [-0.25, -0.2) is 4.68 Å². The zero-order valence-corrected chi connectivity index (χ0v) is 13.5. The molecule has 3 rings (SSSR count). The molecule has 2 heterocycles. The van der Waals surface area contributed by atoms with Crippen LogP contribution in [0.4, 0.5) is 5.69 Å². The zero-order valence-electron chi connectivity index (χ0n) is 13.5. The summed E-state index contributed by atoms with van der Waals surface area (Å²) in [7, 11) is 1.97. The maximum Gasteiger partial charge on any atom is 0.268 e. The lowest BCUT2D eigenvalue weighted by atomic mass is 10.1. The van der Waals surface area contributed by atoms with Gasteiger partial charge in [0, 0.05) is 26.3 Å². The van der Waals surface area contributed by atoms with E-state index >= 15 is 0 Å². The van der Waals surface area contributed by atoms with Crippen molar-refractivity contribution < 1.29 is 4.74 Å². The first-order valence-electron chi connectivity index (χ1n) is 8.16. The van der Waals surface area contributed by atoms with Crippen LogP contribution in [-0.4, -0.2) is 29.5 Å². The summed E-state index contributed by atoms with van der Waals surface area (Å²) in [6.45, 7) is 2.08. The third kappa shape index (κ3) is 4.20. The lowest BCUT2D eigenvalue weighted by Gasteiger charge is -2.23. The quantitative estimate of drug-likeness (QED) is 0.851. The fourth-order valence-electron chi connectivity index (χ4n) is 2.86. The summed E-state index contributed by atoms with van der Waals surface area (Å²) in [4.78, 5) is 14.3. The molecule has 0 radical (unpaired) electrons. The highest BCUT2D eigenvalue weighted by Crippen LogP contribution is 2.15. The average Bonchev–Trinajstić information content (AvgIpc) is 2.58. The van der Waals surface area contributed by atoms with E-state index in [2.05, 4.69) is 17.2 Å². The Balaban J connectivity index is 1.67. The zero-order chi connectivity index (χ0) is 16.1. The Labute approximate surface area is 136 Å². The molecule has 1 aromatic carbocycles. The molecule has 0 aliphatic carbocycles. The molecule has 0 saturated carbocycles. The Morgan fingerprint density at radius 2 is 2.13 bits per heavy atom. The van der Waals surface area contributed by atoms with Gasteiger partial charge in [-0.1, -0.05) is 30.3 Å².